The van der Waals surface area contributed by atoms with Crippen LogP contribution in [-0.2, 0) is 10.0 Å². The summed E-state index contributed by atoms with van der Waals surface area (Å²) in [4.78, 5) is 13.0. The van der Waals surface area contributed by atoms with Gasteiger partial charge in [0.25, 0.3) is 0 Å². The highest BCUT2D eigenvalue weighted by atomic mass is 32.2. The lowest BCUT2D eigenvalue weighted by Crippen LogP contribution is -2.28. The van der Waals surface area contributed by atoms with Crippen molar-refractivity contribution in [2.75, 3.05) is 7.05 Å². The lowest BCUT2D eigenvalue weighted by atomic mass is 10.4. The maximum absolute atomic E-state index is 12.0. The predicted octanol–water partition coefficient (Wildman–Crippen LogP) is 0.496. The first-order chi connectivity index (χ1) is 7.43. The molecule has 7 heteroatoms. The summed E-state index contributed by atoms with van der Waals surface area (Å²) >= 11 is 0. The summed E-state index contributed by atoms with van der Waals surface area (Å²) in [7, 11) is -2.04. The van der Waals surface area contributed by atoms with E-state index in [0.29, 0.717) is 0 Å². The molecule has 0 bridgehead atoms. The molecule has 0 spiro atoms. The third kappa shape index (κ3) is 1.83. The molecule has 1 aromatic heterocycles. The lowest BCUT2D eigenvalue weighted by molar-refractivity contribution is 0.0691. The Balaban J connectivity index is 2.31. The zero-order valence-corrected chi connectivity index (χ0v) is 9.49. The van der Waals surface area contributed by atoms with Gasteiger partial charge in [-0.15, -0.1) is 0 Å². The van der Waals surface area contributed by atoms with E-state index in [1.807, 2.05) is 0 Å². The Kier molecular flexibility index (Phi) is 2.51. The third-order valence-electron chi connectivity index (χ3n) is 2.63. The van der Waals surface area contributed by atoms with Crippen LogP contribution in [-0.4, -0.2) is 41.9 Å². The zero-order valence-electron chi connectivity index (χ0n) is 8.67. The molecular formula is C9H12N2O4S. The number of aromatic nitrogens is 1. The summed E-state index contributed by atoms with van der Waals surface area (Å²) in [5.41, 5.74) is -0.122. The minimum atomic E-state index is -3.55. The molecule has 1 aromatic rings. The molecule has 0 aliphatic heterocycles. The molecule has 1 heterocycles. The zero-order chi connectivity index (χ0) is 11.9. The van der Waals surface area contributed by atoms with Crippen LogP contribution in [0.1, 0.15) is 23.3 Å². The van der Waals surface area contributed by atoms with E-state index in [0.717, 1.165) is 18.9 Å². The topological polar surface area (TPSA) is 90.5 Å². The molecule has 1 aliphatic rings. The molecule has 1 aliphatic carbocycles. The molecule has 1 fully saturated rings. The predicted molar refractivity (Wildman–Crippen MR) is 55.7 cm³/mol. The van der Waals surface area contributed by atoms with Crippen molar-refractivity contribution in [1.29, 1.82) is 0 Å². The van der Waals surface area contributed by atoms with Gasteiger partial charge in [-0.25, -0.2) is 13.2 Å². The van der Waals surface area contributed by atoms with E-state index in [4.69, 9.17) is 5.11 Å². The molecule has 0 aromatic carbocycles. The highest BCUT2D eigenvalue weighted by Crippen LogP contribution is 2.30. The summed E-state index contributed by atoms with van der Waals surface area (Å²) in [5.74, 6) is -1.17. The summed E-state index contributed by atoms with van der Waals surface area (Å²) in [6, 6.07) is 1.20. The van der Waals surface area contributed by atoms with Crippen molar-refractivity contribution in [3.05, 3.63) is 18.0 Å². The van der Waals surface area contributed by atoms with Gasteiger partial charge in [0.05, 0.1) is 0 Å². The van der Waals surface area contributed by atoms with Crippen molar-refractivity contribution in [3.63, 3.8) is 0 Å². The molecule has 6 nitrogen and oxygen atoms in total. The van der Waals surface area contributed by atoms with Crippen LogP contribution in [0.25, 0.3) is 0 Å². The first kappa shape index (κ1) is 11.2. The Bertz CT molecular complexity index is 515. The Morgan fingerprint density at radius 1 is 1.56 bits per heavy atom. The lowest BCUT2D eigenvalue weighted by Gasteiger charge is -2.14. The number of aromatic amines is 1. The van der Waals surface area contributed by atoms with Gasteiger partial charge in [-0.1, -0.05) is 0 Å². The van der Waals surface area contributed by atoms with Gasteiger partial charge in [-0.3, -0.25) is 0 Å². The maximum Gasteiger partial charge on any atom is 0.352 e. The summed E-state index contributed by atoms with van der Waals surface area (Å²) in [5, 5.41) is 8.68. The monoisotopic (exact) mass is 244 g/mol. The number of H-pyrrole nitrogens is 1. The number of rotatable bonds is 4. The molecule has 0 radical (unpaired) electrons. The van der Waals surface area contributed by atoms with Crippen LogP contribution >= 0.6 is 0 Å². The molecule has 0 atom stereocenters. The van der Waals surface area contributed by atoms with Crippen LogP contribution in [0, 0.1) is 0 Å². The van der Waals surface area contributed by atoms with E-state index >= 15 is 0 Å². The number of aromatic carboxylic acids is 1. The van der Waals surface area contributed by atoms with Crippen LogP contribution in [0.4, 0.5) is 0 Å². The molecule has 16 heavy (non-hydrogen) atoms. The molecule has 2 N–H and O–H groups in total. The second-order valence-electron chi connectivity index (χ2n) is 3.81. The average molecular weight is 244 g/mol. The van der Waals surface area contributed by atoms with Crippen LogP contribution in [0.2, 0.25) is 0 Å². The van der Waals surface area contributed by atoms with E-state index in [-0.39, 0.29) is 16.6 Å². The highest BCUT2D eigenvalue weighted by Gasteiger charge is 2.35. The van der Waals surface area contributed by atoms with Crippen molar-refractivity contribution in [3.8, 4) is 0 Å². The average Bonchev–Trinajstić information content (AvgIpc) is 2.92. The van der Waals surface area contributed by atoms with Gasteiger partial charge in [0.2, 0.25) is 10.0 Å². The number of hydrogen-bond acceptors (Lipinski definition) is 3. The van der Waals surface area contributed by atoms with Crippen LogP contribution < -0.4 is 0 Å². The molecule has 0 unspecified atom stereocenters. The largest absolute Gasteiger partial charge is 0.477 e. The number of carbonyl (C=O) groups is 1. The highest BCUT2D eigenvalue weighted by molar-refractivity contribution is 7.89. The fourth-order valence-electron chi connectivity index (χ4n) is 1.45. The Labute approximate surface area is 92.9 Å². The first-order valence-electron chi connectivity index (χ1n) is 4.82. The van der Waals surface area contributed by atoms with Crippen LogP contribution in [0.5, 0.6) is 0 Å². The van der Waals surface area contributed by atoms with Crippen LogP contribution in [0.15, 0.2) is 17.2 Å². The second kappa shape index (κ2) is 3.60. The van der Waals surface area contributed by atoms with Crippen molar-refractivity contribution >= 4 is 16.0 Å². The van der Waals surface area contributed by atoms with Crippen molar-refractivity contribution in [1.82, 2.24) is 9.29 Å². The fraction of sp³-hybridized carbons (Fsp3) is 0.444. The number of nitrogens with one attached hydrogen (secondary N) is 1. The van der Waals surface area contributed by atoms with Gasteiger partial charge in [0.15, 0.2) is 0 Å². The summed E-state index contributed by atoms with van der Waals surface area (Å²) in [6.45, 7) is 0. The van der Waals surface area contributed by atoms with E-state index in [1.165, 1.54) is 17.5 Å². The SMILES string of the molecule is CN(C1CC1)S(=O)(=O)c1c[nH]c(C(=O)O)c1. The van der Waals surface area contributed by atoms with Gasteiger partial charge >= 0.3 is 5.97 Å². The summed E-state index contributed by atoms with van der Waals surface area (Å²) in [6.07, 6.45) is 2.94. The van der Waals surface area contributed by atoms with Gasteiger partial charge in [0.1, 0.15) is 10.6 Å². The molecule has 88 valence electrons. The molecule has 0 amide bonds. The van der Waals surface area contributed by atoms with Gasteiger partial charge in [0, 0.05) is 19.3 Å². The van der Waals surface area contributed by atoms with Gasteiger partial charge in [-0.2, -0.15) is 4.31 Å². The molecular weight excluding hydrogens is 232 g/mol. The number of sulfonamides is 1. The second-order valence-corrected chi connectivity index (χ2v) is 5.80. The van der Waals surface area contributed by atoms with Crippen molar-refractivity contribution in [2.45, 2.75) is 23.8 Å². The quantitative estimate of drug-likeness (QED) is 0.806. The standard InChI is InChI=1S/C9H12N2O4S/c1-11(6-2-3-6)16(14,15)7-4-8(9(12)13)10-5-7/h4-6,10H,2-3H2,1H3,(H,12,13). The van der Waals surface area contributed by atoms with E-state index in [9.17, 15) is 13.2 Å². The Hall–Kier alpha value is -1.34. The third-order valence-corrected chi connectivity index (χ3v) is 4.51. The number of carboxylic acids is 1. The van der Waals surface area contributed by atoms with Crippen LogP contribution in [0.3, 0.4) is 0 Å². The number of carboxylic acid groups (broad SMARTS) is 1. The first-order valence-corrected chi connectivity index (χ1v) is 6.26. The smallest absolute Gasteiger partial charge is 0.352 e. The minimum Gasteiger partial charge on any atom is -0.477 e. The van der Waals surface area contributed by atoms with Gasteiger partial charge < -0.3 is 10.1 Å². The van der Waals surface area contributed by atoms with E-state index in [1.54, 1.807) is 0 Å². The number of hydrogen-bond donors (Lipinski definition) is 2. The van der Waals surface area contributed by atoms with E-state index < -0.39 is 16.0 Å². The maximum atomic E-state index is 12.0. The Morgan fingerprint density at radius 3 is 2.62 bits per heavy atom. The van der Waals surface area contributed by atoms with Crippen molar-refractivity contribution in [2.24, 2.45) is 0 Å². The van der Waals surface area contributed by atoms with E-state index in [2.05, 4.69) is 4.98 Å². The molecule has 0 saturated heterocycles. The molecule has 2 rings (SSSR count). The Morgan fingerprint density at radius 2 is 2.19 bits per heavy atom. The van der Waals surface area contributed by atoms with Gasteiger partial charge in [-0.05, 0) is 18.9 Å². The normalized spacial score (nSPS) is 16.6. The fourth-order valence-corrected chi connectivity index (χ4v) is 2.86. The van der Waals surface area contributed by atoms with Crippen molar-refractivity contribution < 1.29 is 18.3 Å². The molecule has 1 saturated carbocycles. The minimum absolute atomic E-state index is 0.000648. The summed E-state index contributed by atoms with van der Waals surface area (Å²) < 4.78 is 25.2. The number of nitrogens with zero attached hydrogens (tertiary/aromatic N) is 1.